The molecule has 0 radical (unpaired) electrons. The third-order valence-electron chi connectivity index (χ3n) is 2.59. The Morgan fingerprint density at radius 3 is 2.81 bits per heavy atom. The smallest absolute Gasteiger partial charge is 0.321 e. The van der Waals surface area contributed by atoms with Crippen molar-refractivity contribution < 1.29 is 9.59 Å². The topological polar surface area (TPSA) is 101 Å². The molecule has 0 aliphatic rings. The summed E-state index contributed by atoms with van der Waals surface area (Å²) in [6.45, 7) is 6.04. The molecule has 0 aliphatic carbocycles. The van der Waals surface area contributed by atoms with E-state index in [0.717, 1.165) is 11.4 Å². The summed E-state index contributed by atoms with van der Waals surface area (Å²) in [7, 11) is 0. The zero-order valence-corrected chi connectivity index (χ0v) is 12.8. The molecule has 3 amide bonds. The Kier molecular flexibility index (Phi) is 4.73. The van der Waals surface area contributed by atoms with E-state index in [9.17, 15) is 9.59 Å². The lowest BCUT2D eigenvalue weighted by Crippen LogP contribution is -2.40. The van der Waals surface area contributed by atoms with Gasteiger partial charge in [0, 0.05) is 17.9 Å². The average Bonchev–Trinajstić information content (AvgIpc) is 2.79. The van der Waals surface area contributed by atoms with Gasteiger partial charge in [-0.15, -0.1) is 10.2 Å². The van der Waals surface area contributed by atoms with Gasteiger partial charge >= 0.3 is 6.03 Å². The molecule has 0 unspecified atom stereocenters. The van der Waals surface area contributed by atoms with Crippen LogP contribution in [0.4, 0.5) is 4.79 Å². The van der Waals surface area contributed by atoms with Gasteiger partial charge in [-0.3, -0.25) is 14.5 Å². The number of carbonyl (C=O) groups is 2. The molecule has 0 fully saturated rings. The third kappa shape index (κ3) is 3.69. The van der Waals surface area contributed by atoms with E-state index in [-0.39, 0.29) is 11.7 Å². The monoisotopic (exact) mass is 308 g/mol. The number of aromatic nitrogens is 4. The summed E-state index contributed by atoms with van der Waals surface area (Å²) in [4.78, 5) is 27.1. The van der Waals surface area contributed by atoms with Gasteiger partial charge in [0.1, 0.15) is 0 Å². The summed E-state index contributed by atoms with van der Waals surface area (Å²) in [5, 5.41) is 13.3. The minimum Gasteiger partial charge on any atom is -0.338 e. The normalized spacial score (nSPS) is 10.6. The standard InChI is InChI=1S/C12H16N6O2S/c1-4-13-11(20)15-9(19)6-21-12-17-16-10-14-7(2)5-8(3)18(10)12/h5H,4,6H2,1-3H3,(H2,13,15,19,20). The Bertz CT molecular complexity index is 684. The Balaban J connectivity index is 2.04. The predicted octanol–water partition coefficient (Wildman–Crippen LogP) is 0.679. The fraction of sp³-hybridized carbons (Fsp3) is 0.417. The van der Waals surface area contributed by atoms with E-state index in [4.69, 9.17) is 0 Å². The molecule has 0 spiro atoms. The van der Waals surface area contributed by atoms with Gasteiger partial charge in [-0.05, 0) is 26.8 Å². The highest BCUT2D eigenvalue weighted by molar-refractivity contribution is 7.99. The Morgan fingerprint density at radius 1 is 1.33 bits per heavy atom. The predicted molar refractivity (Wildman–Crippen MR) is 78.2 cm³/mol. The van der Waals surface area contributed by atoms with Crippen molar-refractivity contribution in [1.29, 1.82) is 0 Å². The van der Waals surface area contributed by atoms with Gasteiger partial charge in [0.15, 0.2) is 5.16 Å². The molecule has 2 aromatic rings. The molecule has 0 aromatic carbocycles. The molecule has 8 nitrogen and oxygen atoms in total. The van der Waals surface area contributed by atoms with Crippen molar-refractivity contribution in [3.8, 4) is 0 Å². The number of carbonyl (C=O) groups excluding carboxylic acids is 2. The van der Waals surface area contributed by atoms with Crippen LogP contribution in [-0.2, 0) is 4.79 Å². The number of thioether (sulfide) groups is 1. The Labute approximate surface area is 125 Å². The number of amides is 3. The highest BCUT2D eigenvalue weighted by Crippen LogP contribution is 2.18. The van der Waals surface area contributed by atoms with E-state index in [1.807, 2.05) is 19.9 Å². The molecule has 0 saturated heterocycles. The largest absolute Gasteiger partial charge is 0.338 e. The molecular formula is C12H16N6O2S. The number of aryl methyl sites for hydroxylation is 2. The molecule has 2 N–H and O–H groups in total. The van der Waals surface area contributed by atoms with Gasteiger partial charge in [0.05, 0.1) is 5.75 Å². The number of urea groups is 1. The summed E-state index contributed by atoms with van der Waals surface area (Å²) >= 11 is 1.20. The summed E-state index contributed by atoms with van der Waals surface area (Å²) in [5.74, 6) is 0.185. The van der Waals surface area contributed by atoms with E-state index < -0.39 is 6.03 Å². The van der Waals surface area contributed by atoms with Crippen LogP contribution >= 0.6 is 11.8 Å². The number of nitrogens with zero attached hydrogens (tertiary/aromatic N) is 4. The lowest BCUT2D eigenvalue weighted by atomic mass is 10.3. The molecular weight excluding hydrogens is 292 g/mol. The number of nitrogens with one attached hydrogen (secondary N) is 2. The van der Waals surface area contributed by atoms with Crippen LogP contribution in [0.3, 0.4) is 0 Å². The maximum atomic E-state index is 11.6. The van der Waals surface area contributed by atoms with Crippen LogP contribution in [0.1, 0.15) is 18.3 Å². The van der Waals surface area contributed by atoms with Crippen LogP contribution in [0.25, 0.3) is 5.78 Å². The molecule has 0 aliphatic heterocycles. The lowest BCUT2D eigenvalue weighted by molar-refractivity contribution is -0.117. The van der Waals surface area contributed by atoms with E-state index in [0.29, 0.717) is 17.5 Å². The second-order valence-electron chi connectivity index (χ2n) is 4.35. The molecule has 2 heterocycles. The maximum Gasteiger partial charge on any atom is 0.321 e. The zero-order chi connectivity index (χ0) is 15.4. The van der Waals surface area contributed by atoms with Crippen molar-refractivity contribution in [2.24, 2.45) is 0 Å². The second-order valence-corrected chi connectivity index (χ2v) is 5.30. The molecule has 2 rings (SSSR count). The highest BCUT2D eigenvalue weighted by Gasteiger charge is 2.13. The molecule has 2 aromatic heterocycles. The summed E-state index contributed by atoms with van der Waals surface area (Å²) < 4.78 is 1.77. The first kappa shape index (κ1) is 15.2. The van der Waals surface area contributed by atoms with E-state index in [2.05, 4.69) is 25.8 Å². The van der Waals surface area contributed by atoms with Gasteiger partial charge in [-0.2, -0.15) is 0 Å². The first-order chi connectivity index (χ1) is 10.0. The summed E-state index contributed by atoms with van der Waals surface area (Å²) in [6.07, 6.45) is 0. The van der Waals surface area contributed by atoms with Crippen LogP contribution in [0.5, 0.6) is 0 Å². The van der Waals surface area contributed by atoms with Crippen LogP contribution in [0.15, 0.2) is 11.2 Å². The molecule has 0 bridgehead atoms. The number of rotatable bonds is 4. The minimum absolute atomic E-state index is 0.0746. The van der Waals surface area contributed by atoms with Gasteiger partial charge in [0.2, 0.25) is 5.91 Å². The van der Waals surface area contributed by atoms with Crippen molar-refractivity contribution in [3.05, 3.63) is 17.5 Å². The fourth-order valence-corrected chi connectivity index (χ4v) is 2.58. The van der Waals surface area contributed by atoms with Gasteiger partial charge < -0.3 is 5.32 Å². The van der Waals surface area contributed by atoms with Crippen molar-refractivity contribution in [2.75, 3.05) is 12.3 Å². The first-order valence-electron chi connectivity index (χ1n) is 6.41. The van der Waals surface area contributed by atoms with Gasteiger partial charge in [0.25, 0.3) is 5.78 Å². The SMILES string of the molecule is CCNC(=O)NC(=O)CSc1nnc2nc(C)cc(C)n12. The second kappa shape index (κ2) is 6.53. The van der Waals surface area contributed by atoms with Crippen LogP contribution < -0.4 is 10.6 Å². The quantitative estimate of drug-likeness (QED) is 0.805. The Morgan fingerprint density at radius 2 is 2.10 bits per heavy atom. The number of hydrogen-bond donors (Lipinski definition) is 2. The number of hydrogen-bond acceptors (Lipinski definition) is 6. The molecule has 112 valence electrons. The zero-order valence-electron chi connectivity index (χ0n) is 12.0. The van der Waals surface area contributed by atoms with Crippen LogP contribution in [0, 0.1) is 13.8 Å². The van der Waals surface area contributed by atoms with Crippen LogP contribution in [0.2, 0.25) is 0 Å². The number of imide groups is 1. The molecule has 21 heavy (non-hydrogen) atoms. The van der Waals surface area contributed by atoms with Gasteiger partial charge in [-0.1, -0.05) is 11.8 Å². The molecule has 0 saturated carbocycles. The van der Waals surface area contributed by atoms with Crippen molar-refractivity contribution >= 4 is 29.5 Å². The lowest BCUT2D eigenvalue weighted by Gasteiger charge is -2.05. The van der Waals surface area contributed by atoms with E-state index in [1.165, 1.54) is 11.8 Å². The maximum absolute atomic E-state index is 11.6. The Hall–Kier alpha value is -2.16. The van der Waals surface area contributed by atoms with E-state index >= 15 is 0 Å². The minimum atomic E-state index is -0.498. The van der Waals surface area contributed by atoms with E-state index in [1.54, 1.807) is 11.3 Å². The van der Waals surface area contributed by atoms with Crippen molar-refractivity contribution in [3.63, 3.8) is 0 Å². The summed E-state index contributed by atoms with van der Waals surface area (Å²) in [6, 6.07) is 1.41. The first-order valence-corrected chi connectivity index (χ1v) is 7.39. The van der Waals surface area contributed by atoms with Crippen molar-refractivity contribution in [1.82, 2.24) is 30.2 Å². The van der Waals surface area contributed by atoms with Crippen molar-refractivity contribution in [2.45, 2.75) is 25.9 Å². The van der Waals surface area contributed by atoms with Crippen LogP contribution in [-0.4, -0.2) is 43.8 Å². The summed E-state index contributed by atoms with van der Waals surface area (Å²) in [5.41, 5.74) is 1.80. The average molecular weight is 308 g/mol. The molecule has 9 heteroatoms. The van der Waals surface area contributed by atoms with Gasteiger partial charge in [-0.25, -0.2) is 9.78 Å². The fourth-order valence-electron chi connectivity index (χ4n) is 1.79. The molecule has 0 atom stereocenters. The highest BCUT2D eigenvalue weighted by atomic mass is 32.2. The third-order valence-corrected chi connectivity index (χ3v) is 3.51. The number of fused-ring (bicyclic) bond motifs is 1.